The molecule has 0 unspecified atom stereocenters. The highest BCUT2D eigenvalue weighted by Crippen LogP contribution is 2.27. The lowest BCUT2D eigenvalue weighted by molar-refractivity contribution is 0.373. The molecular formula is C17H18N2O3. The van der Waals surface area contributed by atoms with Crippen molar-refractivity contribution in [1.29, 1.82) is 0 Å². The number of aromatic hydroxyl groups is 2. The zero-order valence-electron chi connectivity index (χ0n) is 12.3. The molecule has 0 fully saturated rings. The van der Waals surface area contributed by atoms with E-state index < -0.39 is 0 Å². The van der Waals surface area contributed by atoms with E-state index in [1.54, 1.807) is 48.8 Å². The molecule has 0 aliphatic rings. The van der Waals surface area contributed by atoms with E-state index in [1.165, 1.54) is 7.11 Å². The van der Waals surface area contributed by atoms with Gasteiger partial charge in [0.15, 0.2) is 11.5 Å². The van der Waals surface area contributed by atoms with Crippen LogP contribution in [0.4, 0.5) is 0 Å². The number of ether oxygens (including phenoxy) is 1. The first-order valence-corrected chi connectivity index (χ1v) is 6.86. The second-order valence-electron chi connectivity index (χ2n) is 4.53. The van der Waals surface area contributed by atoms with Crippen molar-refractivity contribution in [2.45, 2.75) is 0 Å². The topological polar surface area (TPSA) is 74.4 Å². The van der Waals surface area contributed by atoms with E-state index in [2.05, 4.69) is 9.98 Å². The number of aliphatic imine (C=N–C) groups is 2. The Morgan fingerprint density at radius 2 is 1.55 bits per heavy atom. The number of hydrogen-bond acceptors (Lipinski definition) is 5. The van der Waals surface area contributed by atoms with Gasteiger partial charge in [0.1, 0.15) is 5.75 Å². The van der Waals surface area contributed by atoms with Crippen LogP contribution < -0.4 is 4.74 Å². The summed E-state index contributed by atoms with van der Waals surface area (Å²) in [5, 5.41) is 19.5. The van der Waals surface area contributed by atoms with Crippen LogP contribution in [-0.4, -0.2) is 42.8 Å². The third-order valence-electron chi connectivity index (χ3n) is 3.01. The molecule has 0 bridgehead atoms. The summed E-state index contributed by atoms with van der Waals surface area (Å²) in [6, 6.07) is 12.2. The summed E-state index contributed by atoms with van der Waals surface area (Å²) >= 11 is 0. The molecule has 0 saturated carbocycles. The molecule has 0 amide bonds. The number of rotatable bonds is 6. The van der Waals surface area contributed by atoms with Crippen LogP contribution in [0.25, 0.3) is 0 Å². The summed E-state index contributed by atoms with van der Waals surface area (Å²) in [7, 11) is 1.50. The average molecular weight is 298 g/mol. The maximum Gasteiger partial charge on any atom is 0.166 e. The first-order valence-electron chi connectivity index (χ1n) is 6.86. The molecule has 2 aromatic carbocycles. The van der Waals surface area contributed by atoms with Gasteiger partial charge in [-0.15, -0.1) is 0 Å². The Morgan fingerprint density at radius 1 is 0.909 bits per heavy atom. The summed E-state index contributed by atoms with van der Waals surface area (Å²) < 4.78 is 5.03. The van der Waals surface area contributed by atoms with Crippen LogP contribution in [0.2, 0.25) is 0 Å². The molecule has 0 saturated heterocycles. The van der Waals surface area contributed by atoms with Crippen LogP contribution in [0.15, 0.2) is 52.4 Å². The van der Waals surface area contributed by atoms with Crippen molar-refractivity contribution >= 4 is 12.4 Å². The third kappa shape index (κ3) is 4.09. The number of para-hydroxylation sites is 2. The lowest BCUT2D eigenvalue weighted by atomic mass is 10.2. The predicted molar refractivity (Wildman–Crippen MR) is 87.7 cm³/mol. The van der Waals surface area contributed by atoms with E-state index in [0.717, 1.165) is 0 Å². The Morgan fingerprint density at radius 3 is 2.23 bits per heavy atom. The van der Waals surface area contributed by atoms with Crippen molar-refractivity contribution in [2.75, 3.05) is 20.2 Å². The summed E-state index contributed by atoms with van der Waals surface area (Å²) in [5.41, 5.74) is 1.28. The van der Waals surface area contributed by atoms with Crippen LogP contribution in [0.3, 0.4) is 0 Å². The van der Waals surface area contributed by atoms with Gasteiger partial charge in [-0.2, -0.15) is 0 Å². The minimum atomic E-state index is 0.0754. The number of hydrogen-bond donors (Lipinski definition) is 2. The number of benzene rings is 2. The lowest BCUT2D eigenvalue weighted by Gasteiger charge is -2.04. The maximum atomic E-state index is 9.90. The average Bonchev–Trinajstić information content (AvgIpc) is 2.53. The highest BCUT2D eigenvalue weighted by molar-refractivity contribution is 5.85. The molecule has 0 aromatic heterocycles. The van der Waals surface area contributed by atoms with Gasteiger partial charge in [-0.1, -0.05) is 18.2 Å². The van der Waals surface area contributed by atoms with Gasteiger partial charge in [0.2, 0.25) is 0 Å². The van der Waals surface area contributed by atoms with Crippen molar-refractivity contribution in [3.05, 3.63) is 53.6 Å². The molecule has 2 N–H and O–H groups in total. The van der Waals surface area contributed by atoms with Crippen LogP contribution in [-0.2, 0) is 0 Å². The van der Waals surface area contributed by atoms with Crippen LogP contribution >= 0.6 is 0 Å². The Kier molecular flexibility index (Phi) is 5.54. The SMILES string of the molecule is COc1cccc(C=NCCN=Cc2ccccc2O)c1O. The van der Waals surface area contributed by atoms with Crippen molar-refractivity contribution < 1.29 is 14.9 Å². The third-order valence-corrected chi connectivity index (χ3v) is 3.01. The summed E-state index contributed by atoms with van der Waals surface area (Å²) in [6.45, 7) is 0.982. The van der Waals surface area contributed by atoms with Gasteiger partial charge in [0.05, 0.1) is 20.2 Å². The largest absolute Gasteiger partial charge is 0.507 e. The van der Waals surface area contributed by atoms with E-state index in [1.807, 2.05) is 6.07 Å². The zero-order valence-corrected chi connectivity index (χ0v) is 12.3. The quantitative estimate of drug-likeness (QED) is 0.636. The summed E-state index contributed by atoms with van der Waals surface area (Å²) in [6.07, 6.45) is 3.21. The molecule has 0 radical (unpaired) electrons. The standard InChI is InChI=1S/C17H18N2O3/c1-22-16-8-4-6-14(17(16)21)12-19-10-9-18-11-13-5-2-3-7-15(13)20/h2-8,11-12,20-21H,9-10H2,1H3. The van der Waals surface area contributed by atoms with E-state index in [0.29, 0.717) is 30.0 Å². The van der Waals surface area contributed by atoms with Gasteiger partial charge in [-0.05, 0) is 24.3 Å². The van der Waals surface area contributed by atoms with Gasteiger partial charge in [0, 0.05) is 23.6 Å². The molecule has 2 aromatic rings. The minimum absolute atomic E-state index is 0.0754. The highest BCUT2D eigenvalue weighted by atomic mass is 16.5. The van der Waals surface area contributed by atoms with Crippen molar-refractivity contribution in [3.63, 3.8) is 0 Å². The summed E-state index contributed by atoms with van der Waals surface area (Å²) in [5.74, 6) is 0.698. The molecule has 0 aliphatic heterocycles. The molecule has 22 heavy (non-hydrogen) atoms. The smallest absolute Gasteiger partial charge is 0.166 e. The fourth-order valence-corrected chi connectivity index (χ4v) is 1.85. The maximum absolute atomic E-state index is 9.90. The Labute approximate surface area is 129 Å². The fourth-order valence-electron chi connectivity index (χ4n) is 1.85. The fraction of sp³-hybridized carbons (Fsp3) is 0.176. The zero-order chi connectivity index (χ0) is 15.8. The molecule has 5 heteroatoms. The Balaban J connectivity index is 1.88. The number of nitrogens with zero attached hydrogens (tertiary/aromatic N) is 2. The molecule has 5 nitrogen and oxygen atoms in total. The number of phenolic OH excluding ortho intramolecular Hbond substituents is 2. The van der Waals surface area contributed by atoms with Gasteiger partial charge in [0.25, 0.3) is 0 Å². The minimum Gasteiger partial charge on any atom is -0.507 e. The second kappa shape index (κ2) is 7.83. The molecule has 2 rings (SSSR count). The van der Waals surface area contributed by atoms with Gasteiger partial charge < -0.3 is 14.9 Å². The lowest BCUT2D eigenvalue weighted by Crippen LogP contribution is -1.92. The first kappa shape index (κ1) is 15.6. The van der Waals surface area contributed by atoms with Gasteiger partial charge in [-0.3, -0.25) is 9.98 Å². The van der Waals surface area contributed by atoms with Crippen molar-refractivity contribution in [3.8, 4) is 17.2 Å². The Bertz CT molecular complexity index is 681. The predicted octanol–water partition coefficient (Wildman–Crippen LogP) is 2.64. The number of methoxy groups -OCH3 is 1. The summed E-state index contributed by atoms with van der Waals surface area (Å²) in [4.78, 5) is 8.42. The second-order valence-corrected chi connectivity index (χ2v) is 4.53. The monoisotopic (exact) mass is 298 g/mol. The number of phenols is 2. The molecule has 114 valence electrons. The van der Waals surface area contributed by atoms with Crippen molar-refractivity contribution in [2.24, 2.45) is 9.98 Å². The van der Waals surface area contributed by atoms with Gasteiger partial charge >= 0.3 is 0 Å². The van der Waals surface area contributed by atoms with E-state index >= 15 is 0 Å². The first-order chi connectivity index (χ1) is 10.7. The van der Waals surface area contributed by atoms with E-state index in [9.17, 15) is 10.2 Å². The highest BCUT2D eigenvalue weighted by Gasteiger charge is 2.04. The molecule has 0 aliphatic carbocycles. The van der Waals surface area contributed by atoms with Crippen molar-refractivity contribution in [1.82, 2.24) is 0 Å². The molecule has 0 atom stereocenters. The normalized spacial score (nSPS) is 11.3. The Hall–Kier alpha value is -2.82. The van der Waals surface area contributed by atoms with Crippen LogP contribution in [0, 0.1) is 0 Å². The van der Waals surface area contributed by atoms with Crippen LogP contribution in [0.1, 0.15) is 11.1 Å². The van der Waals surface area contributed by atoms with Crippen LogP contribution in [0.5, 0.6) is 17.2 Å². The van der Waals surface area contributed by atoms with E-state index in [4.69, 9.17) is 4.74 Å². The molecular weight excluding hydrogens is 280 g/mol. The van der Waals surface area contributed by atoms with E-state index in [-0.39, 0.29) is 11.5 Å². The van der Waals surface area contributed by atoms with Gasteiger partial charge in [-0.25, -0.2) is 0 Å². The molecule has 0 heterocycles. The molecule has 0 spiro atoms.